The Kier molecular flexibility index (Phi) is 4.36. The molecule has 2 aliphatic rings. The van der Waals surface area contributed by atoms with Crippen molar-refractivity contribution in [3.8, 4) is 5.75 Å². The van der Waals surface area contributed by atoms with Crippen LogP contribution in [0.3, 0.4) is 0 Å². The number of hydrogen-bond acceptors (Lipinski definition) is 5. The molecule has 1 aliphatic carbocycles. The number of nitro benzene ring substituents is 1. The van der Waals surface area contributed by atoms with Crippen molar-refractivity contribution in [2.24, 2.45) is 11.8 Å². The third-order valence-electron chi connectivity index (χ3n) is 4.51. The number of hydrogen-bond donors (Lipinski definition) is 1. The highest BCUT2D eigenvalue weighted by Crippen LogP contribution is 2.33. The molecule has 7 nitrogen and oxygen atoms in total. The van der Waals surface area contributed by atoms with Crippen LogP contribution in [0.4, 0.5) is 11.4 Å². The lowest BCUT2D eigenvalue weighted by molar-refractivity contribution is -0.384. The fourth-order valence-corrected chi connectivity index (χ4v) is 2.99. The minimum Gasteiger partial charge on any atom is -0.497 e. The zero-order chi connectivity index (χ0) is 16.4. The Hall–Kier alpha value is -2.31. The number of carbonyl (C=O) groups is 1. The summed E-state index contributed by atoms with van der Waals surface area (Å²) in [5.41, 5.74) is 0.496. The molecule has 0 radical (unpaired) electrons. The van der Waals surface area contributed by atoms with E-state index in [-0.39, 0.29) is 17.5 Å². The molecule has 1 saturated heterocycles. The van der Waals surface area contributed by atoms with Crippen LogP contribution < -0.4 is 10.1 Å². The van der Waals surface area contributed by atoms with Crippen LogP contribution in [-0.4, -0.2) is 42.5 Å². The average molecular weight is 319 g/mol. The number of likely N-dealkylation sites (tertiary alicyclic amines) is 1. The van der Waals surface area contributed by atoms with E-state index in [0.29, 0.717) is 23.9 Å². The maximum Gasteiger partial charge on any atom is 0.292 e. The Bertz CT molecular complexity index is 615. The zero-order valence-corrected chi connectivity index (χ0v) is 13.2. The maximum atomic E-state index is 12.1. The van der Waals surface area contributed by atoms with E-state index in [2.05, 4.69) is 5.32 Å². The van der Waals surface area contributed by atoms with E-state index in [1.807, 2.05) is 4.90 Å². The molecule has 1 aromatic carbocycles. The van der Waals surface area contributed by atoms with Gasteiger partial charge < -0.3 is 15.0 Å². The van der Waals surface area contributed by atoms with Crippen LogP contribution >= 0.6 is 0 Å². The molecule has 124 valence electrons. The van der Waals surface area contributed by atoms with Gasteiger partial charge in [-0.25, -0.2) is 0 Å². The zero-order valence-electron chi connectivity index (χ0n) is 13.2. The van der Waals surface area contributed by atoms with Gasteiger partial charge in [-0.3, -0.25) is 14.9 Å². The van der Waals surface area contributed by atoms with E-state index in [1.54, 1.807) is 12.1 Å². The minimum atomic E-state index is -0.403. The maximum absolute atomic E-state index is 12.1. The van der Waals surface area contributed by atoms with Gasteiger partial charge in [0.15, 0.2) is 0 Å². The van der Waals surface area contributed by atoms with Crippen LogP contribution in [0.5, 0.6) is 5.75 Å². The summed E-state index contributed by atoms with van der Waals surface area (Å²) < 4.78 is 5.13. The third kappa shape index (κ3) is 3.55. The third-order valence-corrected chi connectivity index (χ3v) is 4.51. The van der Waals surface area contributed by atoms with Crippen molar-refractivity contribution in [3.05, 3.63) is 28.3 Å². The molecular formula is C16H21N3O4. The Morgan fingerprint density at radius 3 is 2.87 bits per heavy atom. The molecule has 2 fully saturated rings. The second kappa shape index (κ2) is 6.44. The van der Waals surface area contributed by atoms with Crippen LogP contribution in [0.15, 0.2) is 18.2 Å². The molecule has 0 spiro atoms. The monoisotopic (exact) mass is 319 g/mol. The van der Waals surface area contributed by atoms with Gasteiger partial charge in [-0.05, 0) is 31.2 Å². The molecular weight excluding hydrogens is 298 g/mol. The normalized spacial score (nSPS) is 20.4. The summed E-state index contributed by atoms with van der Waals surface area (Å²) in [5.74, 6) is 1.43. The molecule has 23 heavy (non-hydrogen) atoms. The summed E-state index contributed by atoms with van der Waals surface area (Å²) in [5, 5.41) is 14.3. The fourth-order valence-electron chi connectivity index (χ4n) is 2.99. The lowest BCUT2D eigenvalue weighted by atomic mass is 10.1. The molecule has 7 heteroatoms. The van der Waals surface area contributed by atoms with Gasteiger partial charge in [0.1, 0.15) is 11.4 Å². The highest BCUT2D eigenvalue weighted by molar-refractivity contribution is 5.81. The Morgan fingerprint density at radius 1 is 1.43 bits per heavy atom. The molecule has 1 N–H and O–H groups in total. The topological polar surface area (TPSA) is 84.7 Å². The molecule has 0 bridgehead atoms. The van der Waals surface area contributed by atoms with Crippen LogP contribution in [0.2, 0.25) is 0 Å². The minimum absolute atomic E-state index is 0.0368. The van der Waals surface area contributed by atoms with E-state index in [9.17, 15) is 14.9 Å². The lowest BCUT2D eigenvalue weighted by Crippen LogP contribution is -2.30. The molecule has 3 rings (SSSR count). The molecule has 1 heterocycles. The van der Waals surface area contributed by atoms with Gasteiger partial charge >= 0.3 is 0 Å². The summed E-state index contributed by atoms with van der Waals surface area (Å²) in [6.07, 6.45) is 2.98. The number of methoxy groups -OCH3 is 1. The van der Waals surface area contributed by atoms with Gasteiger partial charge in [-0.15, -0.1) is 0 Å². The molecule has 1 aliphatic heterocycles. The van der Waals surface area contributed by atoms with Gasteiger partial charge in [0.05, 0.1) is 12.0 Å². The highest BCUT2D eigenvalue weighted by atomic mass is 16.6. The number of anilines is 1. The van der Waals surface area contributed by atoms with Gasteiger partial charge in [-0.1, -0.05) is 0 Å². The van der Waals surface area contributed by atoms with E-state index in [4.69, 9.17) is 4.74 Å². The van der Waals surface area contributed by atoms with E-state index in [1.165, 1.54) is 13.2 Å². The average Bonchev–Trinajstić information content (AvgIpc) is 3.30. The van der Waals surface area contributed by atoms with Crippen LogP contribution in [0.1, 0.15) is 19.3 Å². The van der Waals surface area contributed by atoms with Crippen molar-refractivity contribution >= 4 is 17.3 Å². The SMILES string of the molecule is COc1ccc([N+](=O)[O-])c(NC[C@@H]2CCN(C(=O)C3CC3)C2)c1. The summed E-state index contributed by atoms with van der Waals surface area (Å²) in [4.78, 5) is 24.7. The molecule has 0 unspecified atom stereocenters. The van der Waals surface area contributed by atoms with E-state index >= 15 is 0 Å². The van der Waals surface area contributed by atoms with Crippen molar-refractivity contribution in [2.75, 3.05) is 32.1 Å². The van der Waals surface area contributed by atoms with Crippen LogP contribution in [0.25, 0.3) is 0 Å². The van der Waals surface area contributed by atoms with Crippen molar-refractivity contribution in [3.63, 3.8) is 0 Å². The standard InChI is InChI=1S/C16H21N3O4/c1-23-13-4-5-15(19(21)22)14(8-13)17-9-11-6-7-18(10-11)16(20)12-2-3-12/h4-5,8,11-12,17H,2-3,6-7,9-10H2,1H3/t11-/m0/s1. The first-order valence-corrected chi connectivity index (χ1v) is 7.93. The Labute approximate surface area is 134 Å². The second-order valence-electron chi connectivity index (χ2n) is 6.23. The first-order chi connectivity index (χ1) is 11.1. The van der Waals surface area contributed by atoms with Crippen molar-refractivity contribution in [1.29, 1.82) is 0 Å². The first kappa shape index (κ1) is 15.6. The number of nitrogens with one attached hydrogen (secondary N) is 1. The number of carbonyl (C=O) groups excluding carboxylic acids is 1. The fraction of sp³-hybridized carbons (Fsp3) is 0.562. The predicted octanol–water partition coefficient (Wildman–Crippen LogP) is 2.27. The molecule has 0 aromatic heterocycles. The van der Waals surface area contributed by atoms with Crippen LogP contribution in [-0.2, 0) is 4.79 Å². The predicted molar refractivity (Wildman–Crippen MR) is 85.5 cm³/mol. The van der Waals surface area contributed by atoms with Crippen molar-refractivity contribution in [1.82, 2.24) is 4.90 Å². The van der Waals surface area contributed by atoms with Gasteiger partial charge in [0.25, 0.3) is 5.69 Å². The largest absolute Gasteiger partial charge is 0.497 e. The Balaban J connectivity index is 1.60. The second-order valence-corrected chi connectivity index (χ2v) is 6.23. The smallest absolute Gasteiger partial charge is 0.292 e. The number of benzene rings is 1. The Morgan fingerprint density at radius 2 is 2.22 bits per heavy atom. The lowest BCUT2D eigenvalue weighted by Gasteiger charge is -2.17. The van der Waals surface area contributed by atoms with Crippen LogP contribution in [0, 0.1) is 22.0 Å². The number of nitro groups is 1. The summed E-state index contributed by atoms with van der Waals surface area (Å²) in [6, 6.07) is 4.66. The van der Waals surface area contributed by atoms with Gasteiger partial charge in [0.2, 0.25) is 5.91 Å². The highest BCUT2D eigenvalue weighted by Gasteiger charge is 2.36. The number of rotatable bonds is 6. The van der Waals surface area contributed by atoms with Gasteiger partial charge in [-0.2, -0.15) is 0 Å². The molecule has 1 atom stereocenters. The van der Waals surface area contributed by atoms with E-state index in [0.717, 1.165) is 32.4 Å². The quantitative estimate of drug-likeness (QED) is 0.642. The number of amides is 1. The summed E-state index contributed by atoms with van der Waals surface area (Å²) in [6.45, 7) is 2.14. The number of nitrogens with zero attached hydrogens (tertiary/aromatic N) is 2. The molecule has 1 saturated carbocycles. The summed E-state index contributed by atoms with van der Waals surface area (Å²) in [7, 11) is 1.53. The molecule has 1 aromatic rings. The first-order valence-electron chi connectivity index (χ1n) is 7.93. The molecule has 1 amide bonds. The van der Waals surface area contributed by atoms with Gasteiger partial charge in [0, 0.05) is 37.7 Å². The van der Waals surface area contributed by atoms with E-state index < -0.39 is 4.92 Å². The van der Waals surface area contributed by atoms with Crippen molar-refractivity contribution in [2.45, 2.75) is 19.3 Å². The summed E-state index contributed by atoms with van der Waals surface area (Å²) >= 11 is 0. The van der Waals surface area contributed by atoms with Crippen molar-refractivity contribution < 1.29 is 14.5 Å². The number of ether oxygens (including phenoxy) is 1.